The Bertz CT molecular complexity index is 1170. The molecule has 3 aliphatic rings. The Morgan fingerprint density at radius 1 is 1.18 bits per heavy atom. The standard InChI is InChI=1S/C21H22N4O7S/c22-21(29)32-14-6-3-13(4-7-14)5-8-18(28)24-11-9-15-19(24)17(27)12-25(15)33(30,31)20-16(26)2-1-10-23-20/h1,3-4,6-7,10,15,19H,2,5,8-9,11-12H2,(H2,22,29). The number of Topliss-reactive ketones (excluding diaryl/α,β-unsaturated/α-hetero) is 2. The highest BCUT2D eigenvalue weighted by Crippen LogP contribution is 2.33. The van der Waals surface area contributed by atoms with Crippen molar-refractivity contribution in [1.82, 2.24) is 9.21 Å². The minimum atomic E-state index is -4.24. The van der Waals surface area contributed by atoms with Crippen LogP contribution in [0.2, 0.25) is 0 Å². The van der Waals surface area contributed by atoms with Crippen LogP contribution in [0.1, 0.15) is 24.8 Å². The summed E-state index contributed by atoms with van der Waals surface area (Å²) >= 11 is 0. The molecule has 1 aromatic rings. The van der Waals surface area contributed by atoms with Crippen molar-refractivity contribution < 1.29 is 32.3 Å². The van der Waals surface area contributed by atoms with Gasteiger partial charge in [-0.25, -0.2) is 18.2 Å². The van der Waals surface area contributed by atoms with Crippen LogP contribution in [0.5, 0.6) is 5.75 Å². The molecule has 33 heavy (non-hydrogen) atoms. The number of amides is 2. The first-order valence-corrected chi connectivity index (χ1v) is 11.8. The third-order valence-corrected chi connectivity index (χ3v) is 7.70. The quantitative estimate of drug-likeness (QED) is 0.636. The van der Waals surface area contributed by atoms with Crippen LogP contribution in [-0.2, 0) is 30.8 Å². The summed E-state index contributed by atoms with van der Waals surface area (Å²) in [6, 6.07) is 4.94. The Kier molecular flexibility index (Phi) is 6.13. The molecular formula is C21H22N4O7S. The zero-order valence-corrected chi connectivity index (χ0v) is 18.4. The fraction of sp³-hybridized carbons (Fsp3) is 0.381. The smallest absolute Gasteiger partial charge is 0.409 e. The maximum absolute atomic E-state index is 13.0. The molecular weight excluding hydrogens is 452 g/mol. The summed E-state index contributed by atoms with van der Waals surface area (Å²) in [5, 5.41) is -0.563. The van der Waals surface area contributed by atoms with Crippen LogP contribution in [-0.4, -0.2) is 71.4 Å². The number of carbonyl (C=O) groups excluding carboxylic acids is 4. The number of benzene rings is 1. The van der Waals surface area contributed by atoms with Crippen LogP contribution in [0.4, 0.5) is 4.79 Å². The first-order chi connectivity index (χ1) is 15.7. The fourth-order valence-corrected chi connectivity index (χ4v) is 6.03. The number of aliphatic imine (C=N–C) groups is 1. The minimum Gasteiger partial charge on any atom is -0.411 e. The number of allylic oxidation sites excluding steroid dienone is 1. The van der Waals surface area contributed by atoms with Gasteiger partial charge in [-0.2, -0.15) is 4.31 Å². The number of sulfonamides is 1. The normalized spacial score (nSPS) is 22.9. The molecule has 0 saturated carbocycles. The summed E-state index contributed by atoms with van der Waals surface area (Å²) in [7, 11) is -4.24. The number of likely N-dealkylation sites (tertiary alicyclic amines) is 1. The van der Waals surface area contributed by atoms with E-state index in [2.05, 4.69) is 4.99 Å². The van der Waals surface area contributed by atoms with E-state index in [1.165, 1.54) is 17.2 Å². The molecule has 1 aromatic carbocycles. The predicted molar refractivity (Wildman–Crippen MR) is 116 cm³/mol. The molecule has 0 bridgehead atoms. The topological polar surface area (TPSA) is 157 Å². The lowest BCUT2D eigenvalue weighted by atomic mass is 10.1. The SMILES string of the molecule is NC(=O)Oc1ccc(CCC(=O)N2CCC3C2C(=O)CN3S(=O)(=O)C2=NC=CCC2=O)cc1. The van der Waals surface area contributed by atoms with E-state index >= 15 is 0 Å². The van der Waals surface area contributed by atoms with Crippen LogP contribution < -0.4 is 10.5 Å². The number of primary amides is 1. The summed E-state index contributed by atoms with van der Waals surface area (Å²) in [6.07, 6.45) is 2.56. The molecule has 4 rings (SSSR count). The van der Waals surface area contributed by atoms with E-state index in [0.29, 0.717) is 12.8 Å². The molecule has 3 aliphatic heterocycles. The van der Waals surface area contributed by atoms with Gasteiger partial charge in [0.25, 0.3) is 10.0 Å². The Morgan fingerprint density at radius 2 is 1.91 bits per heavy atom. The van der Waals surface area contributed by atoms with Gasteiger partial charge in [0.2, 0.25) is 11.0 Å². The molecule has 2 amide bonds. The van der Waals surface area contributed by atoms with Gasteiger partial charge in [0.1, 0.15) is 11.8 Å². The molecule has 0 radical (unpaired) electrons. The van der Waals surface area contributed by atoms with Crippen molar-refractivity contribution in [3.05, 3.63) is 42.1 Å². The predicted octanol–water partition coefficient (Wildman–Crippen LogP) is 0.146. The van der Waals surface area contributed by atoms with Crippen molar-refractivity contribution in [3.8, 4) is 5.75 Å². The molecule has 11 nitrogen and oxygen atoms in total. The molecule has 0 spiro atoms. The van der Waals surface area contributed by atoms with Crippen molar-refractivity contribution in [3.63, 3.8) is 0 Å². The van der Waals surface area contributed by atoms with Crippen LogP contribution >= 0.6 is 0 Å². The lowest BCUT2D eigenvalue weighted by molar-refractivity contribution is -0.136. The average molecular weight is 474 g/mol. The van der Waals surface area contributed by atoms with Gasteiger partial charge in [0.05, 0.1) is 12.6 Å². The largest absolute Gasteiger partial charge is 0.411 e. The molecule has 2 saturated heterocycles. The Hall–Kier alpha value is -3.38. The highest BCUT2D eigenvalue weighted by atomic mass is 32.2. The second-order valence-corrected chi connectivity index (χ2v) is 9.72. The van der Waals surface area contributed by atoms with E-state index < -0.39 is 45.6 Å². The molecule has 2 atom stereocenters. The number of carbonyl (C=O) groups is 4. The van der Waals surface area contributed by atoms with Crippen molar-refractivity contribution in [2.75, 3.05) is 13.1 Å². The number of aryl methyl sites for hydroxylation is 1. The van der Waals surface area contributed by atoms with E-state index in [4.69, 9.17) is 10.5 Å². The molecule has 2 fully saturated rings. The van der Waals surface area contributed by atoms with E-state index in [0.717, 1.165) is 9.87 Å². The third kappa shape index (κ3) is 4.44. The fourth-order valence-electron chi connectivity index (χ4n) is 4.37. The number of nitrogens with zero attached hydrogens (tertiary/aromatic N) is 3. The van der Waals surface area contributed by atoms with Crippen LogP contribution in [0, 0.1) is 0 Å². The van der Waals surface area contributed by atoms with Crippen LogP contribution in [0.3, 0.4) is 0 Å². The summed E-state index contributed by atoms with van der Waals surface area (Å²) in [6.45, 7) is -0.142. The molecule has 2 N–H and O–H groups in total. The Labute approximate surface area is 189 Å². The second-order valence-electron chi connectivity index (χ2n) is 7.92. The lowest BCUT2D eigenvalue weighted by Crippen LogP contribution is -2.45. The van der Waals surface area contributed by atoms with Gasteiger partial charge < -0.3 is 15.4 Å². The van der Waals surface area contributed by atoms with Gasteiger partial charge in [-0.1, -0.05) is 18.2 Å². The molecule has 174 valence electrons. The van der Waals surface area contributed by atoms with E-state index in [9.17, 15) is 27.6 Å². The average Bonchev–Trinajstić information content (AvgIpc) is 3.34. The molecule has 2 unspecified atom stereocenters. The summed E-state index contributed by atoms with van der Waals surface area (Å²) < 4.78 is 31.8. The van der Waals surface area contributed by atoms with Crippen molar-refractivity contribution in [1.29, 1.82) is 0 Å². The number of hydrogen-bond acceptors (Lipinski definition) is 8. The lowest BCUT2D eigenvalue weighted by Gasteiger charge is -2.24. The second kappa shape index (κ2) is 8.87. The summed E-state index contributed by atoms with van der Waals surface area (Å²) in [4.78, 5) is 53.6. The number of fused-ring (bicyclic) bond motifs is 1. The van der Waals surface area contributed by atoms with Crippen LogP contribution in [0.25, 0.3) is 0 Å². The monoisotopic (exact) mass is 474 g/mol. The number of ketones is 2. The first-order valence-electron chi connectivity index (χ1n) is 10.3. The summed E-state index contributed by atoms with van der Waals surface area (Å²) in [5.41, 5.74) is 5.78. The zero-order valence-electron chi connectivity index (χ0n) is 17.5. The van der Waals surface area contributed by atoms with Gasteiger partial charge in [-0.15, -0.1) is 0 Å². The van der Waals surface area contributed by atoms with Gasteiger partial charge in [0.15, 0.2) is 11.6 Å². The van der Waals surface area contributed by atoms with Gasteiger partial charge >= 0.3 is 6.09 Å². The summed E-state index contributed by atoms with van der Waals surface area (Å²) in [5.74, 6) is -0.968. The van der Waals surface area contributed by atoms with Gasteiger partial charge in [-0.3, -0.25) is 14.4 Å². The van der Waals surface area contributed by atoms with Crippen molar-refractivity contribution in [2.24, 2.45) is 10.7 Å². The van der Waals surface area contributed by atoms with Crippen LogP contribution in [0.15, 0.2) is 41.5 Å². The third-order valence-electron chi connectivity index (χ3n) is 5.86. The number of ether oxygens (including phenoxy) is 1. The molecule has 3 heterocycles. The number of hydrogen-bond donors (Lipinski definition) is 1. The molecule has 0 aromatic heterocycles. The van der Waals surface area contributed by atoms with E-state index in [-0.39, 0.29) is 36.8 Å². The molecule has 12 heteroatoms. The molecule has 0 aliphatic carbocycles. The van der Waals surface area contributed by atoms with E-state index in [1.54, 1.807) is 24.3 Å². The highest BCUT2D eigenvalue weighted by Gasteiger charge is 2.54. The Morgan fingerprint density at radius 3 is 2.58 bits per heavy atom. The zero-order chi connectivity index (χ0) is 23.8. The number of nitrogens with two attached hydrogens (primary N) is 1. The van der Waals surface area contributed by atoms with Gasteiger partial charge in [-0.05, 0) is 30.5 Å². The minimum absolute atomic E-state index is 0.0613. The maximum atomic E-state index is 13.0. The van der Waals surface area contributed by atoms with E-state index in [1.807, 2.05) is 0 Å². The first kappa shape index (κ1) is 22.8. The van der Waals surface area contributed by atoms with Crippen molar-refractivity contribution >= 4 is 38.6 Å². The maximum Gasteiger partial charge on any atom is 0.409 e. The van der Waals surface area contributed by atoms with Gasteiger partial charge in [0, 0.05) is 25.6 Å². The highest BCUT2D eigenvalue weighted by molar-refractivity contribution is 8.06. The van der Waals surface area contributed by atoms with Crippen molar-refractivity contribution in [2.45, 2.75) is 37.8 Å². The Balaban J connectivity index is 1.42. The number of rotatable bonds is 5.